The van der Waals surface area contributed by atoms with E-state index < -0.39 is 11.8 Å². The van der Waals surface area contributed by atoms with E-state index in [9.17, 15) is 9.18 Å². The van der Waals surface area contributed by atoms with Crippen LogP contribution < -0.4 is 0 Å². The summed E-state index contributed by atoms with van der Waals surface area (Å²) in [6, 6.07) is 7.62. The first-order chi connectivity index (χ1) is 9.49. The molecule has 2 aromatic carbocycles. The lowest BCUT2D eigenvalue weighted by atomic mass is 10.0. The van der Waals surface area contributed by atoms with Crippen molar-refractivity contribution in [1.29, 1.82) is 0 Å². The molecule has 5 heteroatoms. The van der Waals surface area contributed by atoms with Crippen molar-refractivity contribution in [1.82, 2.24) is 0 Å². The van der Waals surface area contributed by atoms with Crippen LogP contribution in [0.5, 0.6) is 0 Å². The Hall–Kier alpha value is -1.84. The quantitative estimate of drug-likeness (QED) is 0.665. The van der Waals surface area contributed by atoms with Crippen LogP contribution >= 0.6 is 23.2 Å². The number of hydrogen-bond donors (Lipinski definition) is 1. The minimum Gasteiger partial charge on any atom is -0.478 e. The molecule has 0 aliphatic heterocycles. The van der Waals surface area contributed by atoms with Gasteiger partial charge in [-0.05, 0) is 34.9 Å². The third-order valence-corrected chi connectivity index (χ3v) is 3.68. The Labute approximate surface area is 124 Å². The van der Waals surface area contributed by atoms with Crippen LogP contribution in [-0.2, 0) is 4.79 Å². The molecule has 0 saturated carbocycles. The van der Waals surface area contributed by atoms with Crippen LogP contribution in [0.25, 0.3) is 16.7 Å². The predicted octanol–water partition coefficient (Wildman–Crippen LogP) is 4.63. The van der Waals surface area contributed by atoms with E-state index in [1.165, 1.54) is 18.2 Å². The highest BCUT2D eigenvalue weighted by molar-refractivity contribution is 6.37. The topological polar surface area (TPSA) is 37.3 Å². The second-order valence-electron chi connectivity index (χ2n) is 4.37. The minimum absolute atomic E-state index is 0.301. The molecule has 0 radical (unpaired) electrons. The molecule has 0 bridgehead atoms. The van der Waals surface area contributed by atoms with Crippen molar-refractivity contribution >= 4 is 34.7 Å². The largest absolute Gasteiger partial charge is 0.478 e. The van der Waals surface area contributed by atoms with E-state index in [-0.39, 0.29) is 0 Å². The Balaban J connectivity index is 2.45. The lowest BCUT2D eigenvalue weighted by Crippen LogP contribution is -1.92. The first-order valence-electron chi connectivity index (χ1n) is 5.72. The highest BCUT2D eigenvalue weighted by Crippen LogP contribution is 2.49. The lowest BCUT2D eigenvalue weighted by molar-refractivity contribution is -0.131. The molecule has 1 aliphatic carbocycles. The lowest BCUT2D eigenvalue weighted by Gasteiger charge is -2.05. The number of carboxylic acids is 1. The molecule has 0 fully saturated rings. The summed E-state index contributed by atoms with van der Waals surface area (Å²) in [5.41, 5.74) is 2.25. The van der Waals surface area contributed by atoms with Crippen molar-refractivity contribution in [2.45, 2.75) is 0 Å². The van der Waals surface area contributed by atoms with Crippen LogP contribution in [0.4, 0.5) is 4.39 Å². The predicted molar refractivity (Wildman–Crippen MR) is 76.6 cm³/mol. The van der Waals surface area contributed by atoms with Crippen LogP contribution in [0.15, 0.2) is 36.4 Å². The van der Waals surface area contributed by atoms with Gasteiger partial charge in [0.1, 0.15) is 5.82 Å². The molecular formula is C15H7Cl2FO2. The summed E-state index contributed by atoms with van der Waals surface area (Å²) in [4.78, 5) is 11.0. The summed E-state index contributed by atoms with van der Waals surface area (Å²) in [7, 11) is 0. The minimum atomic E-state index is -1.12. The highest BCUT2D eigenvalue weighted by Gasteiger charge is 2.29. The van der Waals surface area contributed by atoms with Gasteiger partial charge in [0, 0.05) is 22.2 Å². The monoisotopic (exact) mass is 308 g/mol. The number of aliphatic carboxylic acids is 1. The molecule has 0 amide bonds. The van der Waals surface area contributed by atoms with E-state index in [1.807, 2.05) is 0 Å². The third-order valence-electron chi connectivity index (χ3n) is 3.17. The Bertz CT molecular complexity index is 782. The maximum absolute atomic E-state index is 14.1. The Kier molecular flexibility index (Phi) is 3.04. The maximum atomic E-state index is 14.1. The first kappa shape index (κ1) is 13.2. The van der Waals surface area contributed by atoms with E-state index in [0.717, 1.165) is 6.08 Å². The first-order valence-corrected chi connectivity index (χ1v) is 6.48. The van der Waals surface area contributed by atoms with Gasteiger partial charge in [0.2, 0.25) is 0 Å². The van der Waals surface area contributed by atoms with Gasteiger partial charge in [-0.3, -0.25) is 0 Å². The molecule has 100 valence electrons. The van der Waals surface area contributed by atoms with Crippen molar-refractivity contribution < 1.29 is 14.3 Å². The van der Waals surface area contributed by atoms with Crippen molar-refractivity contribution in [2.75, 3.05) is 0 Å². The fourth-order valence-corrected chi connectivity index (χ4v) is 3.07. The molecule has 20 heavy (non-hydrogen) atoms. The number of carbonyl (C=O) groups is 1. The van der Waals surface area contributed by atoms with Gasteiger partial charge in [-0.2, -0.15) is 0 Å². The number of rotatable bonds is 1. The van der Waals surface area contributed by atoms with Gasteiger partial charge in [0.15, 0.2) is 0 Å². The summed E-state index contributed by atoms with van der Waals surface area (Å²) < 4.78 is 14.1. The Morgan fingerprint density at radius 1 is 1.15 bits per heavy atom. The molecule has 0 aromatic heterocycles. The molecule has 0 heterocycles. The zero-order valence-electron chi connectivity index (χ0n) is 9.95. The molecule has 3 rings (SSSR count). The number of benzene rings is 2. The average Bonchev–Trinajstić information content (AvgIpc) is 2.64. The molecule has 0 saturated heterocycles. The summed E-state index contributed by atoms with van der Waals surface area (Å²) in [5, 5.41) is 9.68. The second-order valence-corrected chi connectivity index (χ2v) is 5.21. The highest BCUT2D eigenvalue weighted by atomic mass is 35.5. The van der Waals surface area contributed by atoms with Crippen LogP contribution in [0.3, 0.4) is 0 Å². The van der Waals surface area contributed by atoms with Crippen LogP contribution in [0.2, 0.25) is 10.0 Å². The molecule has 1 aliphatic rings. The van der Waals surface area contributed by atoms with Crippen molar-refractivity contribution in [2.24, 2.45) is 0 Å². The number of carboxylic acid groups (broad SMARTS) is 1. The Morgan fingerprint density at radius 3 is 2.60 bits per heavy atom. The third kappa shape index (κ3) is 1.90. The van der Waals surface area contributed by atoms with Crippen molar-refractivity contribution in [3.8, 4) is 11.1 Å². The van der Waals surface area contributed by atoms with Gasteiger partial charge in [-0.15, -0.1) is 0 Å². The van der Waals surface area contributed by atoms with Gasteiger partial charge >= 0.3 is 5.97 Å². The number of halogens is 3. The summed E-state index contributed by atoms with van der Waals surface area (Å²) >= 11 is 12.1. The molecule has 1 N–H and O–H groups in total. The number of hydrogen-bond acceptors (Lipinski definition) is 1. The SMILES string of the molecule is O=C(O)/C=C1\c2cccc(F)c2-c2cc(Cl)cc(Cl)c21. The maximum Gasteiger partial charge on any atom is 0.328 e. The Morgan fingerprint density at radius 2 is 1.90 bits per heavy atom. The van der Waals surface area contributed by atoms with Gasteiger partial charge in [-0.25, -0.2) is 9.18 Å². The van der Waals surface area contributed by atoms with E-state index in [1.54, 1.807) is 12.1 Å². The molecule has 0 unspecified atom stereocenters. The van der Waals surface area contributed by atoms with Gasteiger partial charge in [-0.1, -0.05) is 35.3 Å². The average molecular weight is 309 g/mol. The fourth-order valence-electron chi connectivity index (χ4n) is 2.47. The molecule has 0 spiro atoms. The van der Waals surface area contributed by atoms with Crippen molar-refractivity contribution in [3.05, 3.63) is 63.4 Å². The van der Waals surface area contributed by atoms with E-state index in [4.69, 9.17) is 28.3 Å². The molecular weight excluding hydrogens is 302 g/mol. The van der Waals surface area contributed by atoms with Crippen LogP contribution in [0, 0.1) is 5.82 Å². The normalized spacial score (nSPS) is 14.2. The summed E-state index contributed by atoms with van der Waals surface area (Å²) in [5.74, 6) is -1.55. The van der Waals surface area contributed by atoms with E-state index in [2.05, 4.69) is 0 Å². The van der Waals surface area contributed by atoms with Crippen LogP contribution in [-0.4, -0.2) is 11.1 Å². The van der Waals surface area contributed by atoms with Crippen LogP contribution in [0.1, 0.15) is 11.1 Å². The standard InChI is InChI=1S/C15H7Cl2FO2/c16-7-4-10-14(11(17)5-7)9(6-13(19)20)8-2-1-3-12(18)15(8)10/h1-6H,(H,19,20)/b9-6+. The fraction of sp³-hybridized carbons (Fsp3) is 0. The van der Waals surface area contributed by atoms with Gasteiger partial charge < -0.3 is 5.11 Å². The summed E-state index contributed by atoms with van der Waals surface area (Å²) in [6.45, 7) is 0. The zero-order valence-corrected chi connectivity index (χ0v) is 11.5. The molecule has 2 aromatic rings. The zero-order chi connectivity index (χ0) is 14.4. The summed E-state index contributed by atoms with van der Waals surface area (Å²) in [6.07, 6.45) is 1.03. The molecule has 0 atom stereocenters. The van der Waals surface area contributed by atoms with Crippen molar-refractivity contribution in [3.63, 3.8) is 0 Å². The van der Waals surface area contributed by atoms with Gasteiger partial charge in [0.05, 0.1) is 5.02 Å². The number of fused-ring (bicyclic) bond motifs is 3. The second kappa shape index (κ2) is 4.62. The van der Waals surface area contributed by atoms with E-state index >= 15 is 0 Å². The van der Waals surface area contributed by atoms with Gasteiger partial charge in [0.25, 0.3) is 0 Å². The van der Waals surface area contributed by atoms with E-state index in [0.29, 0.717) is 37.9 Å². The smallest absolute Gasteiger partial charge is 0.328 e. The molecule has 2 nitrogen and oxygen atoms in total.